The molecule has 5 nitrogen and oxygen atoms in total. The van der Waals surface area contributed by atoms with Crippen molar-refractivity contribution >= 4 is 27.4 Å². The normalized spacial score (nSPS) is 24.1. The third-order valence-corrected chi connectivity index (χ3v) is 3.73. The minimum atomic E-state index is -0.374. The fourth-order valence-electron chi connectivity index (χ4n) is 2.10. The van der Waals surface area contributed by atoms with Gasteiger partial charge in [-0.3, -0.25) is 10.1 Å². The van der Waals surface area contributed by atoms with Crippen molar-refractivity contribution in [3.63, 3.8) is 0 Å². The maximum Gasteiger partial charge on any atom is 0.312 e. The van der Waals surface area contributed by atoms with Gasteiger partial charge in [0.2, 0.25) is 5.82 Å². The number of hydrogen-bond donors (Lipinski definition) is 0. The van der Waals surface area contributed by atoms with Gasteiger partial charge in [0, 0.05) is 29.8 Å². The number of rotatable bonds is 2. The fourth-order valence-corrected chi connectivity index (χ4v) is 2.42. The van der Waals surface area contributed by atoms with E-state index in [-0.39, 0.29) is 10.6 Å². The molecule has 17 heavy (non-hydrogen) atoms. The zero-order valence-corrected chi connectivity index (χ0v) is 11.3. The SMILES string of the molecule is CC1CN(c2ncc(Br)cc2[N+](=O)[O-])CC1C. The predicted octanol–water partition coefficient (Wildman–Crippen LogP) is 2.84. The van der Waals surface area contributed by atoms with Crippen LogP contribution < -0.4 is 4.90 Å². The molecule has 1 fully saturated rings. The van der Waals surface area contributed by atoms with Crippen molar-refractivity contribution < 1.29 is 4.92 Å². The van der Waals surface area contributed by atoms with E-state index in [0.717, 1.165) is 13.1 Å². The Balaban J connectivity index is 2.36. The molecule has 0 saturated carbocycles. The minimum Gasteiger partial charge on any atom is -0.350 e. The minimum absolute atomic E-state index is 0.0701. The molecule has 0 radical (unpaired) electrons. The summed E-state index contributed by atoms with van der Waals surface area (Å²) in [4.78, 5) is 16.8. The molecule has 0 bridgehead atoms. The van der Waals surface area contributed by atoms with Gasteiger partial charge in [0.15, 0.2) is 0 Å². The standard InChI is InChI=1S/C11H14BrN3O2/c1-7-5-14(6-8(7)2)11-10(15(16)17)3-9(12)4-13-11/h3-4,7-8H,5-6H2,1-2H3. The second-order valence-electron chi connectivity index (χ2n) is 4.61. The monoisotopic (exact) mass is 299 g/mol. The summed E-state index contributed by atoms with van der Waals surface area (Å²) in [6.07, 6.45) is 1.61. The predicted molar refractivity (Wildman–Crippen MR) is 69.1 cm³/mol. The highest BCUT2D eigenvalue weighted by Gasteiger charge is 2.31. The van der Waals surface area contributed by atoms with Crippen LogP contribution in [0.4, 0.5) is 11.5 Å². The highest BCUT2D eigenvalue weighted by Crippen LogP contribution is 2.33. The Bertz CT molecular complexity index is 442. The van der Waals surface area contributed by atoms with Crippen molar-refractivity contribution in [2.75, 3.05) is 18.0 Å². The van der Waals surface area contributed by atoms with E-state index in [1.165, 1.54) is 6.07 Å². The Hall–Kier alpha value is -1.17. The van der Waals surface area contributed by atoms with Crippen LogP contribution in [-0.4, -0.2) is 23.0 Å². The summed E-state index contributed by atoms with van der Waals surface area (Å²) in [6.45, 7) is 5.98. The first kappa shape index (κ1) is 12.3. The Kier molecular flexibility index (Phi) is 3.33. The molecule has 1 aromatic heterocycles. The summed E-state index contributed by atoms with van der Waals surface area (Å²) in [5.41, 5.74) is 0.0701. The lowest BCUT2D eigenvalue weighted by molar-refractivity contribution is -0.384. The van der Waals surface area contributed by atoms with Crippen LogP contribution in [0.15, 0.2) is 16.7 Å². The molecule has 2 heterocycles. The molecular formula is C11H14BrN3O2. The Labute approximate surface area is 108 Å². The van der Waals surface area contributed by atoms with Crippen molar-refractivity contribution in [2.45, 2.75) is 13.8 Å². The van der Waals surface area contributed by atoms with Crippen LogP contribution in [0.3, 0.4) is 0 Å². The van der Waals surface area contributed by atoms with Gasteiger partial charge < -0.3 is 4.90 Å². The van der Waals surface area contributed by atoms with Crippen LogP contribution >= 0.6 is 15.9 Å². The van der Waals surface area contributed by atoms with Crippen molar-refractivity contribution in [3.8, 4) is 0 Å². The lowest BCUT2D eigenvalue weighted by Gasteiger charge is -2.16. The Morgan fingerprint density at radius 3 is 2.59 bits per heavy atom. The summed E-state index contributed by atoms with van der Waals surface area (Å²) < 4.78 is 0.633. The van der Waals surface area contributed by atoms with E-state index in [4.69, 9.17) is 0 Å². The molecule has 1 aromatic rings. The first-order valence-electron chi connectivity index (χ1n) is 5.54. The van der Waals surface area contributed by atoms with E-state index in [1.54, 1.807) is 6.20 Å². The smallest absolute Gasteiger partial charge is 0.312 e. The van der Waals surface area contributed by atoms with Gasteiger partial charge >= 0.3 is 5.69 Å². The van der Waals surface area contributed by atoms with Gasteiger partial charge in [0.25, 0.3) is 0 Å². The summed E-state index contributed by atoms with van der Waals surface area (Å²) in [7, 11) is 0. The van der Waals surface area contributed by atoms with Crippen LogP contribution in [0.2, 0.25) is 0 Å². The molecule has 0 aromatic carbocycles. The van der Waals surface area contributed by atoms with E-state index < -0.39 is 0 Å². The summed E-state index contributed by atoms with van der Waals surface area (Å²) in [5, 5.41) is 11.0. The molecule has 1 saturated heterocycles. The van der Waals surface area contributed by atoms with Crippen LogP contribution in [0.1, 0.15) is 13.8 Å². The number of aromatic nitrogens is 1. The molecule has 92 valence electrons. The molecule has 0 aliphatic carbocycles. The largest absolute Gasteiger partial charge is 0.350 e. The van der Waals surface area contributed by atoms with E-state index in [0.29, 0.717) is 22.1 Å². The topological polar surface area (TPSA) is 59.3 Å². The van der Waals surface area contributed by atoms with Gasteiger partial charge in [0.05, 0.1) is 4.92 Å². The van der Waals surface area contributed by atoms with E-state index in [1.807, 2.05) is 4.90 Å². The first-order chi connectivity index (χ1) is 7.99. The van der Waals surface area contributed by atoms with E-state index >= 15 is 0 Å². The van der Waals surface area contributed by atoms with Crippen molar-refractivity contribution in [1.29, 1.82) is 0 Å². The van der Waals surface area contributed by atoms with Crippen molar-refractivity contribution in [1.82, 2.24) is 4.98 Å². The van der Waals surface area contributed by atoms with E-state index in [2.05, 4.69) is 34.8 Å². The first-order valence-corrected chi connectivity index (χ1v) is 6.33. The zero-order chi connectivity index (χ0) is 12.6. The molecule has 0 spiro atoms. The maximum atomic E-state index is 11.0. The summed E-state index contributed by atoms with van der Waals surface area (Å²) in [5.74, 6) is 1.56. The van der Waals surface area contributed by atoms with Gasteiger partial charge in [-0.05, 0) is 27.8 Å². The molecule has 2 rings (SSSR count). The van der Waals surface area contributed by atoms with Gasteiger partial charge in [-0.15, -0.1) is 0 Å². The quantitative estimate of drug-likeness (QED) is 0.622. The number of nitrogens with zero attached hydrogens (tertiary/aromatic N) is 3. The summed E-state index contributed by atoms with van der Waals surface area (Å²) >= 11 is 3.21. The van der Waals surface area contributed by atoms with Crippen molar-refractivity contribution in [3.05, 3.63) is 26.9 Å². The second kappa shape index (κ2) is 4.60. The van der Waals surface area contributed by atoms with Gasteiger partial charge in [0.1, 0.15) is 0 Å². The van der Waals surface area contributed by atoms with Crippen molar-refractivity contribution in [2.24, 2.45) is 11.8 Å². The number of anilines is 1. The van der Waals surface area contributed by atoms with E-state index in [9.17, 15) is 10.1 Å². The molecule has 0 N–H and O–H groups in total. The molecular weight excluding hydrogens is 286 g/mol. The number of nitro groups is 1. The third kappa shape index (κ3) is 2.41. The van der Waals surface area contributed by atoms with Gasteiger partial charge in [-0.25, -0.2) is 4.98 Å². The van der Waals surface area contributed by atoms with Crippen LogP contribution in [0, 0.1) is 22.0 Å². The molecule has 2 atom stereocenters. The molecule has 1 aliphatic rings. The fraction of sp³-hybridized carbons (Fsp3) is 0.545. The van der Waals surface area contributed by atoms with Gasteiger partial charge in [-0.2, -0.15) is 0 Å². The number of hydrogen-bond acceptors (Lipinski definition) is 4. The highest BCUT2D eigenvalue weighted by atomic mass is 79.9. The Morgan fingerprint density at radius 2 is 2.06 bits per heavy atom. The second-order valence-corrected chi connectivity index (χ2v) is 5.53. The van der Waals surface area contributed by atoms with Gasteiger partial charge in [-0.1, -0.05) is 13.8 Å². The lowest BCUT2D eigenvalue weighted by Crippen LogP contribution is -2.21. The third-order valence-electron chi connectivity index (χ3n) is 3.30. The molecule has 1 aliphatic heterocycles. The molecule has 0 amide bonds. The Morgan fingerprint density at radius 1 is 1.47 bits per heavy atom. The number of pyridine rings is 1. The average molecular weight is 300 g/mol. The zero-order valence-electron chi connectivity index (χ0n) is 9.76. The number of halogens is 1. The van der Waals surface area contributed by atoms with Crippen LogP contribution in [0.5, 0.6) is 0 Å². The lowest BCUT2D eigenvalue weighted by atomic mass is 10.0. The molecule has 6 heteroatoms. The maximum absolute atomic E-state index is 11.0. The molecule has 2 unspecified atom stereocenters. The average Bonchev–Trinajstić information content (AvgIpc) is 2.59. The summed E-state index contributed by atoms with van der Waals surface area (Å²) in [6, 6.07) is 1.51. The highest BCUT2D eigenvalue weighted by molar-refractivity contribution is 9.10. The van der Waals surface area contributed by atoms with Crippen LogP contribution in [0.25, 0.3) is 0 Å². The van der Waals surface area contributed by atoms with Crippen LogP contribution in [-0.2, 0) is 0 Å².